The first-order valence-corrected chi connectivity index (χ1v) is 6.35. The van der Waals surface area contributed by atoms with E-state index in [-0.39, 0.29) is 11.6 Å². The Morgan fingerprint density at radius 2 is 1.44 bits per heavy atom. The van der Waals surface area contributed by atoms with Crippen LogP contribution in [0.2, 0.25) is 0 Å². The van der Waals surface area contributed by atoms with E-state index in [0.29, 0.717) is 5.92 Å². The molecule has 1 atom stereocenters. The van der Waals surface area contributed by atoms with Crippen LogP contribution < -0.4 is 22.9 Å². The maximum atomic E-state index is 6.22. The van der Waals surface area contributed by atoms with E-state index in [1.54, 1.807) is 0 Å². The fourth-order valence-electron chi connectivity index (χ4n) is 2.11. The van der Waals surface area contributed by atoms with Crippen molar-refractivity contribution in [2.75, 3.05) is 13.1 Å². The van der Waals surface area contributed by atoms with Crippen molar-refractivity contribution in [3.05, 3.63) is 0 Å². The zero-order chi connectivity index (χ0) is 12.6. The van der Waals surface area contributed by atoms with Crippen LogP contribution in [0.3, 0.4) is 0 Å². The molecule has 1 unspecified atom stereocenters. The molecule has 0 aromatic rings. The minimum absolute atomic E-state index is 0.165. The third-order valence-electron chi connectivity index (χ3n) is 2.93. The summed E-state index contributed by atoms with van der Waals surface area (Å²) in [6.45, 7) is 5.52. The molecule has 98 valence electrons. The summed E-state index contributed by atoms with van der Waals surface area (Å²) in [7, 11) is 0. The lowest BCUT2D eigenvalue weighted by Crippen LogP contribution is -2.43. The first kappa shape index (κ1) is 15.8. The highest BCUT2D eigenvalue weighted by Crippen LogP contribution is 2.21. The first-order chi connectivity index (χ1) is 7.40. The van der Waals surface area contributed by atoms with Gasteiger partial charge in [0.1, 0.15) is 0 Å². The minimum atomic E-state index is -0.191. The summed E-state index contributed by atoms with van der Waals surface area (Å²) in [5.74, 6) is 0.509. The Balaban J connectivity index is 4.13. The summed E-state index contributed by atoms with van der Waals surface area (Å²) < 4.78 is 0. The fraction of sp³-hybridized carbons (Fsp3) is 1.00. The molecule has 4 heteroatoms. The molecule has 8 N–H and O–H groups in total. The summed E-state index contributed by atoms with van der Waals surface area (Å²) in [4.78, 5) is 0. The average Bonchev–Trinajstić information content (AvgIpc) is 2.15. The van der Waals surface area contributed by atoms with Gasteiger partial charge in [0, 0.05) is 11.6 Å². The van der Waals surface area contributed by atoms with Gasteiger partial charge < -0.3 is 22.9 Å². The molecule has 4 nitrogen and oxygen atoms in total. The van der Waals surface area contributed by atoms with Gasteiger partial charge in [0.15, 0.2) is 0 Å². The van der Waals surface area contributed by atoms with Gasteiger partial charge in [0.2, 0.25) is 0 Å². The fourth-order valence-corrected chi connectivity index (χ4v) is 2.11. The van der Waals surface area contributed by atoms with Gasteiger partial charge in [0.25, 0.3) is 0 Å². The average molecular weight is 230 g/mol. The molecule has 0 radical (unpaired) electrons. The molecule has 0 amide bonds. The molecular formula is C12H30N4. The Bertz CT molecular complexity index is 157. The first-order valence-electron chi connectivity index (χ1n) is 6.35. The Labute approximate surface area is 100 Å². The molecule has 0 aliphatic rings. The van der Waals surface area contributed by atoms with Crippen LogP contribution in [0.1, 0.15) is 46.0 Å². The standard InChI is InChI=1S/C12H30N4/c1-12(2,16)9-11(15)10(5-3-7-13)6-4-8-14/h10-11H,3-9,13-16H2,1-2H3. The Morgan fingerprint density at radius 1 is 1.00 bits per heavy atom. The monoisotopic (exact) mass is 230 g/mol. The van der Waals surface area contributed by atoms with Crippen molar-refractivity contribution in [3.8, 4) is 0 Å². The van der Waals surface area contributed by atoms with E-state index in [9.17, 15) is 0 Å². The van der Waals surface area contributed by atoms with Crippen molar-refractivity contribution in [1.29, 1.82) is 0 Å². The molecule has 0 aliphatic heterocycles. The molecule has 0 fully saturated rings. The van der Waals surface area contributed by atoms with E-state index >= 15 is 0 Å². The topological polar surface area (TPSA) is 104 Å². The van der Waals surface area contributed by atoms with Crippen LogP contribution >= 0.6 is 0 Å². The summed E-state index contributed by atoms with van der Waals surface area (Å²) in [5.41, 5.74) is 23.1. The van der Waals surface area contributed by atoms with Gasteiger partial charge in [-0.05, 0) is 65.0 Å². The summed E-state index contributed by atoms with van der Waals surface area (Å²) in [5, 5.41) is 0. The molecule has 0 bridgehead atoms. The molecule has 0 saturated carbocycles. The van der Waals surface area contributed by atoms with Crippen molar-refractivity contribution in [2.45, 2.75) is 57.5 Å². The lowest BCUT2D eigenvalue weighted by molar-refractivity contribution is 0.297. The molecular weight excluding hydrogens is 200 g/mol. The Kier molecular flexibility index (Phi) is 7.93. The van der Waals surface area contributed by atoms with Crippen LogP contribution in [-0.4, -0.2) is 24.7 Å². The molecule has 0 aliphatic carbocycles. The van der Waals surface area contributed by atoms with E-state index < -0.39 is 0 Å². The third kappa shape index (κ3) is 8.05. The number of rotatable bonds is 9. The number of nitrogens with two attached hydrogens (primary N) is 4. The van der Waals surface area contributed by atoms with Crippen LogP contribution in [0, 0.1) is 5.92 Å². The number of hydrogen-bond donors (Lipinski definition) is 4. The summed E-state index contributed by atoms with van der Waals surface area (Å²) in [6.07, 6.45) is 5.11. The van der Waals surface area contributed by atoms with Crippen LogP contribution in [0.25, 0.3) is 0 Å². The largest absolute Gasteiger partial charge is 0.330 e. The van der Waals surface area contributed by atoms with Crippen LogP contribution in [-0.2, 0) is 0 Å². The van der Waals surface area contributed by atoms with Crippen LogP contribution in [0.15, 0.2) is 0 Å². The van der Waals surface area contributed by atoms with Gasteiger partial charge >= 0.3 is 0 Å². The van der Waals surface area contributed by atoms with Crippen molar-refractivity contribution < 1.29 is 0 Å². The van der Waals surface area contributed by atoms with E-state index in [2.05, 4.69) is 0 Å². The summed E-state index contributed by atoms with van der Waals surface area (Å²) >= 11 is 0. The molecule has 0 aromatic heterocycles. The van der Waals surface area contributed by atoms with Crippen molar-refractivity contribution in [2.24, 2.45) is 28.9 Å². The lowest BCUT2D eigenvalue weighted by atomic mass is 9.83. The highest BCUT2D eigenvalue weighted by Gasteiger charge is 2.22. The van der Waals surface area contributed by atoms with E-state index in [4.69, 9.17) is 22.9 Å². The highest BCUT2D eigenvalue weighted by molar-refractivity contribution is 4.83. The predicted molar refractivity (Wildman–Crippen MR) is 70.9 cm³/mol. The van der Waals surface area contributed by atoms with Crippen molar-refractivity contribution in [1.82, 2.24) is 0 Å². The van der Waals surface area contributed by atoms with Crippen LogP contribution in [0.5, 0.6) is 0 Å². The summed E-state index contributed by atoms with van der Waals surface area (Å²) in [6, 6.07) is 0.165. The van der Waals surface area contributed by atoms with Crippen molar-refractivity contribution in [3.63, 3.8) is 0 Å². The predicted octanol–water partition coefficient (Wildman–Crippen LogP) is 0.535. The smallest absolute Gasteiger partial charge is 0.0112 e. The maximum Gasteiger partial charge on any atom is 0.0112 e. The maximum absolute atomic E-state index is 6.22. The van der Waals surface area contributed by atoms with Gasteiger partial charge in [-0.25, -0.2) is 0 Å². The van der Waals surface area contributed by atoms with Crippen molar-refractivity contribution >= 4 is 0 Å². The third-order valence-corrected chi connectivity index (χ3v) is 2.93. The molecule has 0 saturated heterocycles. The second-order valence-corrected chi connectivity index (χ2v) is 5.48. The zero-order valence-electron chi connectivity index (χ0n) is 10.9. The van der Waals surface area contributed by atoms with E-state index in [1.165, 1.54) is 0 Å². The normalized spacial score (nSPS) is 14.4. The van der Waals surface area contributed by atoms with Crippen LogP contribution in [0.4, 0.5) is 0 Å². The second-order valence-electron chi connectivity index (χ2n) is 5.48. The molecule has 0 heterocycles. The molecule has 0 aromatic carbocycles. The van der Waals surface area contributed by atoms with Gasteiger partial charge in [-0.1, -0.05) is 0 Å². The van der Waals surface area contributed by atoms with E-state index in [0.717, 1.165) is 45.2 Å². The minimum Gasteiger partial charge on any atom is -0.330 e. The SMILES string of the molecule is CC(C)(N)CC(N)C(CCCN)CCCN. The lowest BCUT2D eigenvalue weighted by Gasteiger charge is -2.29. The van der Waals surface area contributed by atoms with Gasteiger partial charge in [0.05, 0.1) is 0 Å². The molecule has 0 spiro atoms. The highest BCUT2D eigenvalue weighted by atomic mass is 14.8. The van der Waals surface area contributed by atoms with Gasteiger partial charge in [-0.3, -0.25) is 0 Å². The van der Waals surface area contributed by atoms with E-state index in [1.807, 2.05) is 13.8 Å². The quantitative estimate of drug-likeness (QED) is 0.464. The molecule has 16 heavy (non-hydrogen) atoms. The van der Waals surface area contributed by atoms with Gasteiger partial charge in [-0.2, -0.15) is 0 Å². The zero-order valence-corrected chi connectivity index (χ0v) is 10.9. The second kappa shape index (κ2) is 8.01. The van der Waals surface area contributed by atoms with Gasteiger partial charge in [-0.15, -0.1) is 0 Å². The number of hydrogen-bond acceptors (Lipinski definition) is 4. The Morgan fingerprint density at radius 3 is 1.75 bits per heavy atom. The Hall–Kier alpha value is -0.160. The molecule has 0 rings (SSSR count).